The largest absolute Gasteiger partial charge is 0.231 e. The van der Waals surface area contributed by atoms with Gasteiger partial charge < -0.3 is 0 Å². The van der Waals surface area contributed by atoms with E-state index in [1.807, 2.05) is 0 Å². The lowest BCUT2D eigenvalue weighted by Crippen LogP contribution is -1.80. The number of hydrogen-bond donors (Lipinski definition) is 0. The van der Waals surface area contributed by atoms with Crippen molar-refractivity contribution in [2.24, 2.45) is 0 Å². The van der Waals surface area contributed by atoms with Crippen molar-refractivity contribution in [2.75, 3.05) is 0 Å². The molecule has 0 aliphatic carbocycles. The third-order valence-electron chi connectivity index (χ3n) is 0.981. The molecular formula is C6H4ClFOS. The Kier molecular flexibility index (Phi) is 2.40. The molecule has 0 amide bonds. The molecule has 1 atom stereocenters. The molecule has 0 N–H and O–H groups in total. The maximum atomic E-state index is 12.0. The van der Waals surface area contributed by atoms with Gasteiger partial charge in [0.2, 0.25) is 11.2 Å². The van der Waals surface area contributed by atoms with Gasteiger partial charge in [-0.15, -0.1) is 3.89 Å². The zero-order chi connectivity index (χ0) is 7.56. The van der Waals surface area contributed by atoms with Crippen molar-refractivity contribution in [1.82, 2.24) is 0 Å². The molecule has 1 nitrogen and oxygen atoms in total. The van der Waals surface area contributed by atoms with Gasteiger partial charge in [-0.1, -0.05) is 17.7 Å². The zero-order valence-electron chi connectivity index (χ0n) is 4.88. The van der Waals surface area contributed by atoms with Crippen molar-refractivity contribution >= 4 is 22.8 Å². The van der Waals surface area contributed by atoms with Crippen LogP contribution in [0.5, 0.6) is 0 Å². The maximum Gasteiger partial charge on any atom is 0.231 e. The molecule has 0 saturated heterocycles. The molecule has 0 saturated carbocycles. The Bertz CT molecular complexity index is 264. The average molecular weight is 179 g/mol. The third kappa shape index (κ3) is 1.78. The first-order valence-corrected chi connectivity index (χ1v) is 3.96. The van der Waals surface area contributed by atoms with E-state index >= 15 is 0 Å². The number of halogens is 2. The second-order valence-electron chi connectivity index (χ2n) is 1.68. The smallest absolute Gasteiger partial charge is 0.219 e. The lowest BCUT2D eigenvalue weighted by molar-refractivity contribution is 0.649. The molecular weight excluding hydrogens is 175 g/mol. The summed E-state index contributed by atoms with van der Waals surface area (Å²) in [6, 6.07) is 5.90. The molecule has 0 aromatic heterocycles. The van der Waals surface area contributed by atoms with Crippen LogP contribution in [0, 0.1) is 0 Å². The SMILES string of the molecule is O=S(F)c1cccc(Cl)c1. The van der Waals surface area contributed by atoms with Crippen LogP contribution < -0.4 is 0 Å². The van der Waals surface area contributed by atoms with Gasteiger partial charge in [0.15, 0.2) is 0 Å². The number of rotatable bonds is 1. The Morgan fingerprint density at radius 1 is 1.50 bits per heavy atom. The first-order valence-electron chi connectivity index (χ1n) is 2.54. The quantitative estimate of drug-likeness (QED) is 0.604. The monoisotopic (exact) mass is 178 g/mol. The normalized spacial score (nSPS) is 13.0. The van der Waals surface area contributed by atoms with Gasteiger partial charge in [-0.2, -0.15) is 0 Å². The summed E-state index contributed by atoms with van der Waals surface area (Å²) in [6.45, 7) is 0. The van der Waals surface area contributed by atoms with Crippen molar-refractivity contribution < 1.29 is 8.09 Å². The molecule has 4 heteroatoms. The summed E-state index contributed by atoms with van der Waals surface area (Å²) in [4.78, 5) is 0.104. The standard InChI is InChI=1S/C6H4ClFOS/c7-5-2-1-3-6(4-5)10(8)9/h1-4H. The van der Waals surface area contributed by atoms with Gasteiger partial charge in [0.25, 0.3) is 0 Å². The van der Waals surface area contributed by atoms with E-state index in [0.717, 1.165) is 0 Å². The first-order chi connectivity index (χ1) is 4.70. The second kappa shape index (κ2) is 3.12. The van der Waals surface area contributed by atoms with E-state index in [4.69, 9.17) is 11.6 Å². The highest BCUT2D eigenvalue weighted by atomic mass is 35.5. The van der Waals surface area contributed by atoms with Crippen molar-refractivity contribution in [1.29, 1.82) is 0 Å². The highest BCUT2D eigenvalue weighted by Gasteiger charge is 1.99. The molecule has 1 aromatic carbocycles. The molecule has 0 aliphatic heterocycles. The van der Waals surface area contributed by atoms with Crippen LogP contribution in [0.25, 0.3) is 0 Å². The van der Waals surface area contributed by atoms with E-state index < -0.39 is 11.2 Å². The summed E-state index contributed by atoms with van der Waals surface area (Å²) in [7, 11) is 0. The average Bonchev–Trinajstić information content (AvgIpc) is 1.88. The Balaban J connectivity index is 3.07. The summed E-state index contributed by atoms with van der Waals surface area (Å²) in [6.07, 6.45) is 0. The lowest BCUT2D eigenvalue weighted by atomic mass is 10.4. The Labute approximate surface area is 65.6 Å². The van der Waals surface area contributed by atoms with Crippen LogP contribution in [0.2, 0.25) is 5.02 Å². The van der Waals surface area contributed by atoms with Gasteiger partial charge in [0, 0.05) is 5.02 Å². The summed E-state index contributed by atoms with van der Waals surface area (Å²) < 4.78 is 22.2. The van der Waals surface area contributed by atoms with Crippen LogP contribution in [0.1, 0.15) is 0 Å². The van der Waals surface area contributed by atoms with Gasteiger partial charge in [0.1, 0.15) is 0 Å². The van der Waals surface area contributed by atoms with E-state index in [1.54, 1.807) is 12.1 Å². The molecule has 1 unspecified atom stereocenters. The van der Waals surface area contributed by atoms with Gasteiger partial charge >= 0.3 is 0 Å². The fourth-order valence-corrected chi connectivity index (χ4v) is 1.23. The fourth-order valence-electron chi connectivity index (χ4n) is 0.567. The van der Waals surface area contributed by atoms with Crippen molar-refractivity contribution in [2.45, 2.75) is 4.90 Å². The highest BCUT2D eigenvalue weighted by Crippen LogP contribution is 2.13. The topological polar surface area (TPSA) is 17.1 Å². The number of hydrogen-bond acceptors (Lipinski definition) is 1. The van der Waals surface area contributed by atoms with E-state index in [0.29, 0.717) is 5.02 Å². The zero-order valence-corrected chi connectivity index (χ0v) is 6.45. The minimum atomic E-state index is -2.42. The van der Waals surface area contributed by atoms with Crippen LogP contribution in [0.3, 0.4) is 0 Å². The lowest BCUT2D eigenvalue weighted by Gasteiger charge is -1.91. The summed E-state index contributed by atoms with van der Waals surface area (Å²) >= 11 is 3.06. The molecule has 0 aliphatic rings. The number of benzene rings is 1. The van der Waals surface area contributed by atoms with Crippen LogP contribution >= 0.6 is 11.6 Å². The molecule has 0 fully saturated rings. The summed E-state index contributed by atoms with van der Waals surface area (Å²) in [5.74, 6) is 0. The molecule has 1 aromatic rings. The van der Waals surface area contributed by atoms with Crippen LogP contribution in [-0.4, -0.2) is 4.21 Å². The third-order valence-corrected chi connectivity index (χ3v) is 1.84. The highest BCUT2D eigenvalue weighted by molar-refractivity contribution is 7.79. The molecule has 0 bridgehead atoms. The molecule has 10 heavy (non-hydrogen) atoms. The van der Waals surface area contributed by atoms with Gasteiger partial charge in [-0.3, -0.25) is 0 Å². The van der Waals surface area contributed by atoms with Crippen molar-refractivity contribution in [3.63, 3.8) is 0 Å². The Morgan fingerprint density at radius 3 is 2.60 bits per heavy atom. The maximum absolute atomic E-state index is 12.0. The molecule has 54 valence electrons. The second-order valence-corrected chi connectivity index (χ2v) is 3.04. The minimum Gasteiger partial charge on any atom is -0.219 e. The summed E-state index contributed by atoms with van der Waals surface area (Å²) in [5, 5.41) is 0.392. The Hall–Kier alpha value is -0.410. The van der Waals surface area contributed by atoms with Crippen LogP contribution in [-0.2, 0) is 11.2 Å². The van der Waals surface area contributed by atoms with E-state index in [9.17, 15) is 8.09 Å². The van der Waals surface area contributed by atoms with E-state index in [1.165, 1.54) is 12.1 Å². The van der Waals surface area contributed by atoms with Gasteiger partial charge in [-0.25, -0.2) is 4.21 Å². The molecule has 0 spiro atoms. The first kappa shape index (κ1) is 7.69. The molecule has 0 radical (unpaired) electrons. The van der Waals surface area contributed by atoms with Crippen molar-refractivity contribution in [3.05, 3.63) is 29.3 Å². The minimum absolute atomic E-state index is 0.104. The predicted octanol–water partition coefficient (Wildman–Crippen LogP) is 2.33. The molecule has 0 heterocycles. The molecule has 1 rings (SSSR count). The van der Waals surface area contributed by atoms with Gasteiger partial charge in [0.05, 0.1) is 4.90 Å². The van der Waals surface area contributed by atoms with Crippen LogP contribution in [0.4, 0.5) is 3.89 Å². The van der Waals surface area contributed by atoms with E-state index in [-0.39, 0.29) is 4.90 Å². The fraction of sp³-hybridized carbons (Fsp3) is 0. The van der Waals surface area contributed by atoms with E-state index in [2.05, 4.69) is 0 Å². The predicted molar refractivity (Wildman–Crippen MR) is 39.0 cm³/mol. The van der Waals surface area contributed by atoms with Gasteiger partial charge in [-0.05, 0) is 18.2 Å². The van der Waals surface area contributed by atoms with Crippen molar-refractivity contribution in [3.8, 4) is 0 Å². The summed E-state index contributed by atoms with van der Waals surface area (Å²) in [5.41, 5.74) is 0. The Morgan fingerprint density at radius 2 is 2.20 bits per heavy atom. The van der Waals surface area contributed by atoms with Crippen LogP contribution in [0.15, 0.2) is 29.2 Å².